The van der Waals surface area contributed by atoms with Crippen molar-refractivity contribution in [2.75, 3.05) is 0 Å². The van der Waals surface area contributed by atoms with E-state index < -0.39 is 5.97 Å². The summed E-state index contributed by atoms with van der Waals surface area (Å²) in [4.78, 5) is 14.5. The van der Waals surface area contributed by atoms with Crippen molar-refractivity contribution in [1.82, 2.24) is 19.7 Å². The van der Waals surface area contributed by atoms with E-state index in [1.165, 1.54) is 12.3 Å². The van der Waals surface area contributed by atoms with Crippen LogP contribution in [0.25, 0.3) is 0 Å². The van der Waals surface area contributed by atoms with Crippen molar-refractivity contribution in [1.29, 1.82) is 0 Å². The Morgan fingerprint density at radius 1 is 1.35 bits per heavy atom. The molecule has 20 heavy (non-hydrogen) atoms. The molecule has 0 spiro atoms. The first-order valence-corrected chi connectivity index (χ1v) is 6.47. The highest BCUT2D eigenvalue weighted by Gasteiger charge is 2.16. The number of fused-ring (bicyclic) bond motifs is 1. The number of hydrogen-bond acceptors (Lipinski definition) is 5. The van der Waals surface area contributed by atoms with Gasteiger partial charge in [0.15, 0.2) is 5.82 Å². The van der Waals surface area contributed by atoms with Crippen molar-refractivity contribution in [2.24, 2.45) is 0 Å². The van der Waals surface area contributed by atoms with Crippen LogP contribution in [-0.2, 0) is 19.6 Å². The molecule has 0 amide bonds. The molecule has 1 N–H and O–H groups in total. The molecular formula is C13H14N4O3. The first kappa shape index (κ1) is 12.6. The highest BCUT2D eigenvalue weighted by atomic mass is 16.5. The normalized spacial score (nSPS) is 13.8. The topological polar surface area (TPSA) is 90.1 Å². The van der Waals surface area contributed by atoms with E-state index >= 15 is 0 Å². The SMILES string of the molecule is O=C(O)c1ccc(OCc2nnc3n2CCCC3)cn1. The molecule has 2 aromatic heterocycles. The third-order valence-electron chi connectivity index (χ3n) is 3.26. The molecule has 0 bridgehead atoms. The first-order chi connectivity index (χ1) is 9.74. The Hall–Kier alpha value is -2.44. The Kier molecular flexibility index (Phi) is 3.32. The molecule has 0 aliphatic carbocycles. The molecule has 0 aromatic carbocycles. The van der Waals surface area contributed by atoms with Crippen LogP contribution >= 0.6 is 0 Å². The maximum atomic E-state index is 10.7. The van der Waals surface area contributed by atoms with Crippen LogP contribution in [0, 0.1) is 0 Å². The lowest BCUT2D eigenvalue weighted by atomic mass is 10.2. The number of nitrogens with zero attached hydrogens (tertiary/aromatic N) is 4. The van der Waals surface area contributed by atoms with Crippen LogP contribution in [0.15, 0.2) is 18.3 Å². The van der Waals surface area contributed by atoms with Gasteiger partial charge >= 0.3 is 5.97 Å². The van der Waals surface area contributed by atoms with E-state index in [0.29, 0.717) is 12.4 Å². The number of rotatable bonds is 4. The number of aromatic carboxylic acids is 1. The lowest BCUT2D eigenvalue weighted by molar-refractivity contribution is 0.0690. The molecule has 7 nitrogen and oxygen atoms in total. The molecule has 7 heteroatoms. The van der Waals surface area contributed by atoms with Crippen molar-refractivity contribution < 1.29 is 14.6 Å². The fourth-order valence-corrected chi connectivity index (χ4v) is 2.22. The van der Waals surface area contributed by atoms with E-state index in [1.807, 2.05) is 0 Å². The number of aryl methyl sites for hydroxylation is 1. The summed E-state index contributed by atoms with van der Waals surface area (Å²) in [5, 5.41) is 17.0. The fourth-order valence-electron chi connectivity index (χ4n) is 2.22. The predicted octanol–water partition coefficient (Wildman–Crippen LogP) is 1.29. The Balaban J connectivity index is 1.67. The molecule has 3 heterocycles. The van der Waals surface area contributed by atoms with E-state index in [0.717, 1.165) is 37.5 Å². The molecule has 3 rings (SSSR count). The van der Waals surface area contributed by atoms with Gasteiger partial charge in [-0.25, -0.2) is 9.78 Å². The summed E-state index contributed by atoms with van der Waals surface area (Å²) in [5.41, 5.74) is -0.00259. The number of aromatic nitrogens is 4. The fraction of sp³-hybridized carbons (Fsp3) is 0.385. The van der Waals surface area contributed by atoms with Gasteiger partial charge in [-0.05, 0) is 25.0 Å². The third-order valence-corrected chi connectivity index (χ3v) is 3.26. The molecule has 104 valence electrons. The maximum absolute atomic E-state index is 10.7. The second-order valence-corrected chi connectivity index (χ2v) is 4.61. The Labute approximate surface area is 115 Å². The van der Waals surface area contributed by atoms with Gasteiger partial charge in [0, 0.05) is 13.0 Å². The Bertz CT molecular complexity index is 621. The smallest absolute Gasteiger partial charge is 0.354 e. The van der Waals surface area contributed by atoms with Crippen LogP contribution in [0.2, 0.25) is 0 Å². The summed E-state index contributed by atoms with van der Waals surface area (Å²) in [7, 11) is 0. The molecule has 1 aliphatic rings. The molecule has 0 saturated carbocycles. The van der Waals surface area contributed by atoms with Crippen LogP contribution < -0.4 is 4.74 Å². The van der Waals surface area contributed by atoms with Gasteiger partial charge in [-0.15, -0.1) is 10.2 Å². The van der Waals surface area contributed by atoms with E-state index in [1.54, 1.807) is 6.07 Å². The largest absolute Gasteiger partial charge is 0.484 e. The number of carbonyl (C=O) groups is 1. The summed E-state index contributed by atoms with van der Waals surface area (Å²) in [5.74, 6) is 1.27. The van der Waals surface area contributed by atoms with Gasteiger partial charge in [-0.1, -0.05) is 0 Å². The van der Waals surface area contributed by atoms with Crippen LogP contribution in [0.1, 0.15) is 35.0 Å². The van der Waals surface area contributed by atoms with Gasteiger partial charge < -0.3 is 14.4 Å². The average Bonchev–Trinajstić information content (AvgIpc) is 2.89. The summed E-state index contributed by atoms with van der Waals surface area (Å²) < 4.78 is 7.66. The molecule has 0 atom stereocenters. The van der Waals surface area contributed by atoms with Crippen molar-refractivity contribution in [3.8, 4) is 5.75 Å². The predicted molar refractivity (Wildman–Crippen MR) is 68.5 cm³/mol. The zero-order chi connectivity index (χ0) is 13.9. The molecule has 0 unspecified atom stereocenters. The lowest BCUT2D eigenvalue weighted by Crippen LogP contribution is -2.14. The maximum Gasteiger partial charge on any atom is 0.354 e. The highest BCUT2D eigenvalue weighted by Crippen LogP contribution is 2.16. The van der Waals surface area contributed by atoms with E-state index in [9.17, 15) is 4.79 Å². The van der Waals surface area contributed by atoms with Crippen LogP contribution in [0.3, 0.4) is 0 Å². The van der Waals surface area contributed by atoms with Crippen molar-refractivity contribution in [3.05, 3.63) is 35.7 Å². The summed E-state index contributed by atoms with van der Waals surface area (Å²) in [6.07, 6.45) is 4.64. The van der Waals surface area contributed by atoms with Gasteiger partial charge in [0.1, 0.15) is 23.9 Å². The van der Waals surface area contributed by atoms with Crippen LogP contribution in [0.5, 0.6) is 5.75 Å². The number of ether oxygens (including phenoxy) is 1. The molecule has 0 saturated heterocycles. The van der Waals surface area contributed by atoms with Crippen molar-refractivity contribution in [2.45, 2.75) is 32.4 Å². The third kappa shape index (κ3) is 2.47. The van der Waals surface area contributed by atoms with Gasteiger partial charge in [0.2, 0.25) is 0 Å². The lowest BCUT2D eigenvalue weighted by Gasteiger charge is -2.14. The van der Waals surface area contributed by atoms with Crippen molar-refractivity contribution >= 4 is 5.97 Å². The first-order valence-electron chi connectivity index (χ1n) is 6.47. The second kappa shape index (κ2) is 5.28. The molecule has 0 radical (unpaired) electrons. The van der Waals surface area contributed by atoms with Gasteiger partial charge in [0.25, 0.3) is 0 Å². The van der Waals surface area contributed by atoms with Gasteiger partial charge in [-0.3, -0.25) is 0 Å². The van der Waals surface area contributed by atoms with Gasteiger partial charge in [-0.2, -0.15) is 0 Å². The Morgan fingerprint density at radius 3 is 3.00 bits per heavy atom. The minimum absolute atomic E-state index is 0.00259. The zero-order valence-corrected chi connectivity index (χ0v) is 10.8. The van der Waals surface area contributed by atoms with E-state index in [2.05, 4.69) is 19.7 Å². The minimum Gasteiger partial charge on any atom is -0.484 e. The quantitative estimate of drug-likeness (QED) is 0.903. The summed E-state index contributed by atoms with van der Waals surface area (Å²) in [6, 6.07) is 3.00. The zero-order valence-electron chi connectivity index (χ0n) is 10.8. The monoisotopic (exact) mass is 274 g/mol. The average molecular weight is 274 g/mol. The van der Waals surface area contributed by atoms with E-state index in [-0.39, 0.29) is 5.69 Å². The summed E-state index contributed by atoms with van der Waals surface area (Å²) in [6.45, 7) is 1.23. The number of hydrogen-bond donors (Lipinski definition) is 1. The highest BCUT2D eigenvalue weighted by molar-refractivity contribution is 5.85. The standard InChI is InChI=1S/C13H14N4O3/c18-13(19)10-5-4-9(7-14-10)20-8-12-16-15-11-3-1-2-6-17(11)12/h4-5,7H,1-3,6,8H2,(H,18,19). The number of pyridine rings is 1. The molecule has 1 aliphatic heterocycles. The Morgan fingerprint density at radius 2 is 2.25 bits per heavy atom. The van der Waals surface area contributed by atoms with Crippen LogP contribution in [0.4, 0.5) is 0 Å². The van der Waals surface area contributed by atoms with E-state index in [4.69, 9.17) is 9.84 Å². The van der Waals surface area contributed by atoms with Crippen molar-refractivity contribution in [3.63, 3.8) is 0 Å². The molecule has 0 fully saturated rings. The van der Waals surface area contributed by atoms with Crippen LogP contribution in [-0.4, -0.2) is 30.8 Å². The summed E-state index contributed by atoms with van der Waals surface area (Å²) >= 11 is 0. The number of carboxylic acid groups (broad SMARTS) is 1. The second-order valence-electron chi connectivity index (χ2n) is 4.61. The molecular weight excluding hydrogens is 260 g/mol. The number of carboxylic acids is 1. The van der Waals surface area contributed by atoms with Gasteiger partial charge in [0.05, 0.1) is 6.20 Å². The minimum atomic E-state index is -1.05. The molecule has 2 aromatic rings.